The van der Waals surface area contributed by atoms with Gasteiger partial charge in [0.25, 0.3) is 0 Å². The van der Waals surface area contributed by atoms with E-state index in [1.807, 2.05) is 24.7 Å². The van der Waals surface area contributed by atoms with Crippen LogP contribution in [0.3, 0.4) is 0 Å². The summed E-state index contributed by atoms with van der Waals surface area (Å²) in [4.78, 5) is 11.7. The number of pyridine rings is 2. The number of hydrogen-bond donors (Lipinski definition) is 2. The Morgan fingerprint density at radius 2 is 2.17 bits per heavy atom. The first kappa shape index (κ1) is 20.0. The molecule has 3 aromatic rings. The maximum atomic E-state index is 7.39. The van der Waals surface area contributed by atoms with Crippen LogP contribution >= 0.6 is 0 Å². The standard InChI is InChI=1S/C22H27N7O/c1-13-12-30-10-9-29(13)19-11-17(20-14(2)27-28(4)15(20)3)16-6-8-25-22(21(16)26-19)18(24)5-7-23/h5-8,11,13,23H,9-10,12,24H2,1-4H3/b18-5-,23-7?. The lowest BCUT2D eigenvalue weighted by atomic mass is 9.98. The van der Waals surface area contributed by atoms with E-state index < -0.39 is 0 Å². The Labute approximate surface area is 175 Å². The van der Waals surface area contributed by atoms with Gasteiger partial charge in [0.05, 0.1) is 30.6 Å². The number of hydrogen-bond acceptors (Lipinski definition) is 7. The Morgan fingerprint density at radius 1 is 1.37 bits per heavy atom. The number of nitrogens with one attached hydrogen (secondary N) is 1. The number of aromatic nitrogens is 4. The van der Waals surface area contributed by atoms with Crippen molar-refractivity contribution in [2.24, 2.45) is 12.8 Å². The van der Waals surface area contributed by atoms with Gasteiger partial charge in [-0.2, -0.15) is 5.10 Å². The molecule has 3 N–H and O–H groups in total. The van der Waals surface area contributed by atoms with Crippen LogP contribution in [0.2, 0.25) is 0 Å². The van der Waals surface area contributed by atoms with Gasteiger partial charge >= 0.3 is 0 Å². The van der Waals surface area contributed by atoms with E-state index in [2.05, 4.69) is 34.9 Å². The maximum absolute atomic E-state index is 7.39. The van der Waals surface area contributed by atoms with Crippen molar-refractivity contribution in [2.45, 2.75) is 26.8 Å². The molecule has 1 aliphatic rings. The highest BCUT2D eigenvalue weighted by Gasteiger charge is 2.24. The Kier molecular flexibility index (Phi) is 5.26. The van der Waals surface area contributed by atoms with E-state index in [1.54, 1.807) is 6.20 Å². The van der Waals surface area contributed by atoms with Gasteiger partial charge in [0.2, 0.25) is 0 Å². The van der Waals surface area contributed by atoms with Gasteiger partial charge in [-0.1, -0.05) is 0 Å². The van der Waals surface area contributed by atoms with Crippen molar-refractivity contribution in [3.05, 3.63) is 41.5 Å². The summed E-state index contributed by atoms with van der Waals surface area (Å²) in [5.74, 6) is 0.868. The molecular formula is C22H27N7O. The number of aryl methyl sites for hydroxylation is 2. The Bertz CT molecular complexity index is 1150. The minimum Gasteiger partial charge on any atom is -0.397 e. The second-order valence-corrected chi connectivity index (χ2v) is 7.66. The maximum Gasteiger partial charge on any atom is 0.130 e. The number of morpholine rings is 1. The zero-order valence-corrected chi connectivity index (χ0v) is 17.8. The Morgan fingerprint density at radius 3 is 2.83 bits per heavy atom. The molecule has 1 unspecified atom stereocenters. The SMILES string of the molecule is Cc1nn(C)c(C)c1-c1cc(N2CCOCC2C)nc2c(/C(N)=C/C=N)nccc12. The van der Waals surface area contributed by atoms with Gasteiger partial charge in [0, 0.05) is 42.6 Å². The number of ether oxygens (including phenoxy) is 1. The van der Waals surface area contributed by atoms with Gasteiger partial charge < -0.3 is 20.8 Å². The summed E-state index contributed by atoms with van der Waals surface area (Å²) in [6.45, 7) is 8.33. The fourth-order valence-electron chi connectivity index (χ4n) is 4.10. The molecule has 1 atom stereocenters. The summed E-state index contributed by atoms with van der Waals surface area (Å²) >= 11 is 0. The fraction of sp³-hybridized carbons (Fsp3) is 0.364. The summed E-state index contributed by atoms with van der Waals surface area (Å²) in [6.07, 6.45) is 4.44. The van der Waals surface area contributed by atoms with Gasteiger partial charge in [0.1, 0.15) is 17.0 Å². The third kappa shape index (κ3) is 3.33. The molecule has 1 fully saturated rings. The molecule has 8 heteroatoms. The molecular weight excluding hydrogens is 378 g/mol. The van der Waals surface area contributed by atoms with E-state index in [-0.39, 0.29) is 6.04 Å². The summed E-state index contributed by atoms with van der Waals surface area (Å²) < 4.78 is 7.52. The minimum atomic E-state index is 0.210. The van der Waals surface area contributed by atoms with Gasteiger partial charge in [-0.05, 0) is 44.5 Å². The van der Waals surface area contributed by atoms with Crippen molar-refractivity contribution < 1.29 is 4.74 Å². The van der Waals surface area contributed by atoms with E-state index in [4.69, 9.17) is 20.9 Å². The predicted molar refractivity (Wildman–Crippen MR) is 120 cm³/mol. The minimum absolute atomic E-state index is 0.210. The third-order valence-electron chi connectivity index (χ3n) is 5.69. The number of nitrogens with zero attached hydrogens (tertiary/aromatic N) is 5. The number of fused-ring (bicyclic) bond motifs is 1. The molecule has 156 valence electrons. The van der Waals surface area contributed by atoms with Crippen LogP contribution in [0, 0.1) is 19.3 Å². The molecule has 0 amide bonds. The molecule has 1 saturated heterocycles. The average molecular weight is 406 g/mol. The normalized spacial score (nSPS) is 17.5. The molecule has 3 aromatic heterocycles. The van der Waals surface area contributed by atoms with Crippen LogP contribution in [0.5, 0.6) is 0 Å². The van der Waals surface area contributed by atoms with Gasteiger partial charge in [-0.25, -0.2) is 4.98 Å². The van der Waals surface area contributed by atoms with Crippen molar-refractivity contribution >= 4 is 28.6 Å². The first-order valence-corrected chi connectivity index (χ1v) is 10.0. The monoisotopic (exact) mass is 405 g/mol. The zero-order valence-electron chi connectivity index (χ0n) is 17.8. The number of nitrogens with two attached hydrogens (primary N) is 1. The lowest BCUT2D eigenvalue weighted by Crippen LogP contribution is -2.44. The van der Waals surface area contributed by atoms with Crippen LogP contribution in [0.25, 0.3) is 27.7 Å². The largest absolute Gasteiger partial charge is 0.397 e. The topological polar surface area (TPSA) is 106 Å². The Hall–Kier alpha value is -3.26. The smallest absolute Gasteiger partial charge is 0.130 e. The summed E-state index contributed by atoms with van der Waals surface area (Å²) in [5, 5.41) is 13.0. The number of anilines is 1. The lowest BCUT2D eigenvalue weighted by Gasteiger charge is -2.34. The van der Waals surface area contributed by atoms with E-state index in [0.29, 0.717) is 24.6 Å². The number of rotatable bonds is 4. The molecule has 4 rings (SSSR count). The predicted octanol–water partition coefficient (Wildman–Crippen LogP) is 2.82. The quantitative estimate of drug-likeness (QED) is 0.647. The van der Waals surface area contributed by atoms with E-state index in [9.17, 15) is 0 Å². The lowest BCUT2D eigenvalue weighted by molar-refractivity contribution is 0.0986. The van der Waals surface area contributed by atoms with Crippen LogP contribution in [-0.4, -0.2) is 51.8 Å². The van der Waals surface area contributed by atoms with Crippen LogP contribution in [0.1, 0.15) is 24.0 Å². The van der Waals surface area contributed by atoms with Crippen LogP contribution in [-0.2, 0) is 11.8 Å². The molecule has 0 spiro atoms. The average Bonchev–Trinajstić information content (AvgIpc) is 2.98. The molecule has 0 bridgehead atoms. The molecule has 0 aliphatic carbocycles. The van der Waals surface area contributed by atoms with Crippen LogP contribution in [0.4, 0.5) is 5.82 Å². The van der Waals surface area contributed by atoms with Gasteiger partial charge in [0.15, 0.2) is 0 Å². The van der Waals surface area contributed by atoms with Crippen molar-refractivity contribution in [1.29, 1.82) is 5.41 Å². The molecule has 0 aromatic carbocycles. The second-order valence-electron chi connectivity index (χ2n) is 7.66. The van der Waals surface area contributed by atoms with E-state index >= 15 is 0 Å². The Balaban J connectivity index is 2.05. The van der Waals surface area contributed by atoms with Crippen LogP contribution < -0.4 is 10.6 Å². The van der Waals surface area contributed by atoms with Crippen molar-refractivity contribution in [3.63, 3.8) is 0 Å². The molecule has 0 saturated carbocycles. The number of allylic oxidation sites excluding steroid dienone is 1. The molecule has 1 aliphatic heterocycles. The van der Waals surface area contributed by atoms with Crippen LogP contribution in [0.15, 0.2) is 24.4 Å². The van der Waals surface area contributed by atoms with E-state index in [0.717, 1.165) is 45.8 Å². The van der Waals surface area contributed by atoms with Gasteiger partial charge in [-0.3, -0.25) is 9.67 Å². The van der Waals surface area contributed by atoms with Crippen molar-refractivity contribution in [1.82, 2.24) is 19.7 Å². The summed E-state index contributed by atoms with van der Waals surface area (Å²) in [5.41, 5.74) is 12.2. The summed E-state index contributed by atoms with van der Waals surface area (Å²) in [7, 11) is 1.96. The van der Waals surface area contributed by atoms with E-state index in [1.165, 1.54) is 12.3 Å². The molecule has 8 nitrogen and oxygen atoms in total. The van der Waals surface area contributed by atoms with Crippen molar-refractivity contribution in [2.75, 3.05) is 24.7 Å². The third-order valence-corrected chi connectivity index (χ3v) is 5.69. The molecule has 30 heavy (non-hydrogen) atoms. The highest BCUT2D eigenvalue weighted by molar-refractivity contribution is 6.01. The molecule has 0 radical (unpaired) electrons. The summed E-state index contributed by atoms with van der Waals surface area (Å²) in [6, 6.07) is 4.32. The van der Waals surface area contributed by atoms with Gasteiger partial charge in [-0.15, -0.1) is 0 Å². The van der Waals surface area contributed by atoms with Crippen molar-refractivity contribution in [3.8, 4) is 11.1 Å². The highest BCUT2D eigenvalue weighted by Crippen LogP contribution is 2.37. The second kappa shape index (κ2) is 7.87. The molecule has 4 heterocycles. The highest BCUT2D eigenvalue weighted by atomic mass is 16.5. The first-order valence-electron chi connectivity index (χ1n) is 10.0. The first-order chi connectivity index (χ1) is 14.4. The fourth-order valence-corrected chi connectivity index (χ4v) is 4.10. The zero-order chi connectivity index (χ0) is 21.4.